The van der Waals surface area contributed by atoms with Crippen molar-refractivity contribution in [2.75, 3.05) is 12.5 Å². The Labute approximate surface area is 158 Å². The average molecular weight is 377 g/mol. The molecule has 140 valence electrons. The number of alkyl halides is 1. The fraction of sp³-hybridized carbons (Fsp3) is 0.600. The SMILES string of the molecule is Cc1cc2c(cc1C)C(C(=O)NC1CC3(CC(NC(=O)CCl)C3)C1)CO2. The van der Waals surface area contributed by atoms with Crippen molar-refractivity contribution >= 4 is 23.4 Å². The highest BCUT2D eigenvalue weighted by Crippen LogP contribution is 2.56. The van der Waals surface area contributed by atoms with Gasteiger partial charge in [-0.15, -0.1) is 11.6 Å². The lowest BCUT2D eigenvalue weighted by atomic mass is 9.52. The molecule has 2 amide bonds. The Morgan fingerprint density at radius 3 is 2.38 bits per heavy atom. The van der Waals surface area contributed by atoms with Gasteiger partial charge in [0.2, 0.25) is 11.8 Å². The minimum Gasteiger partial charge on any atom is -0.492 e. The van der Waals surface area contributed by atoms with Crippen LogP contribution in [0.1, 0.15) is 48.3 Å². The van der Waals surface area contributed by atoms with E-state index in [0.29, 0.717) is 12.0 Å². The van der Waals surface area contributed by atoms with Gasteiger partial charge in [0.05, 0.1) is 0 Å². The lowest BCUT2D eigenvalue weighted by Gasteiger charge is -2.57. The van der Waals surface area contributed by atoms with Crippen LogP contribution in [0.5, 0.6) is 5.75 Å². The number of hydrogen-bond donors (Lipinski definition) is 2. The number of carbonyl (C=O) groups is 2. The molecule has 6 heteroatoms. The van der Waals surface area contributed by atoms with Crippen LogP contribution in [0.4, 0.5) is 0 Å². The molecule has 1 aliphatic heterocycles. The second-order valence-corrected chi connectivity index (χ2v) is 8.53. The molecule has 26 heavy (non-hydrogen) atoms. The number of amides is 2. The van der Waals surface area contributed by atoms with Gasteiger partial charge in [0.1, 0.15) is 24.2 Å². The van der Waals surface area contributed by atoms with E-state index in [-0.39, 0.29) is 35.7 Å². The molecule has 0 saturated heterocycles. The molecule has 2 fully saturated rings. The van der Waals surface area contributed by atoms with E-state index in [4.69, 9.17) is 16.3 Å². The molecule has 0 bridgehead atoms. The predicted octanol–water partition coefficient (Wildman–Crippen LogP) is 2.56. The monoisotopic (exact) mass is 376 g/mol. The highest BCUT2D eigenvalue weighted by molar-refractivity contribution is 6.27. The molecule has 1 unspecified atom stereocenters. The van der Waals surface area contributed by atoms with Crippen molar-refractivity contribution in [3.05, 3.63) is 28.8 Å². The summed E-state index contributed by atoms with van der Waals surface area (Å²) < 4.78 is 5.72. The number of benzene rings is 1. The van der Waals surface area contributed by atoms with Gasteiger partial charge in [0.25, 0.3) is 0 Å². The Morgan fingerprint density at radius 2 is 1.73 bits per heavy atom. The first-order valence-corrected chi connectivity index (χ1v) is 9.82. The molecule has 5 nitrogen and oxygen atoms in total. The van der Waals surface area contributed by atoms with E-state index in [1.165, 1.54) is 11.1 Å². The van der Waals surface area contributed by atoms with Gasteiger partial charge in [0.15, 0.2) is 0 Å². The third kappa shape index (κ3) is 3.07. The number of halogens is 1. The van der Waals surface area contributed by atoms with Gasteiger partial charge < -0.3 is 15.4 Å². The molecule has 1 heterocycles. The van der Waals surface area contributed by atoms with Crippen molar-refractivity contribution in [1.82, 2.24) is 10.6 Å². The van der Waals surface area contributed by atoms with Crippen molar-refractivity contribution in [3.63, 3.8) is 0 Å². The summed E-state index contributed by atoms with van der Waals surface area (Å²) in [6.07, 6.45) is 3.99. The van der Waals surface area contributed by atoms with E-state index < -0.39 is 0 Å². The zero-order chi connectivity index (χ0) is 18.5. The van der Waals surface area contributed by atoms with Gasteiger partial charge in [-0.2, -0.15) is 0 Å². The first-order chi connectivity index (χ1) is 12.4. The fourth-order valence-electron chi connectivity index (χ4n) is 4.77. The predicted molar refractivity (Wildman–Crippen MR) is 99.6 cm³/mol. The molecule has 1 spiro atoms. The molecule has 4 rings (SSSR count). The van der Waals surface area contributed by atoms with Crippen molar-refractivity contribution in [1.29, 1.82) is 0 Å². The molecule has 1 aromatic carbocycles. The Kier molecular flexibility index (Phi) is 4.38. The van der Waals surface area contributed by atoms with Gasteiger partial charge in [-0.05, 0) is 62.1 Å². The second kappa shape index (κ2) is 6.45. The quantitative estimate of drug-likeness (QED) is 0.793. The number of aryl methyl sites for hydroxylation is 2. The molecule has 2 aliphatic carbocycles. The lowest BCUT2D eigenvalue weighted by molar-refractivity contribution is -0.127. The van der Waals surface area contributed by atoms with E-state index >= 15 is 0 Å². The molecule has 2 N–H and O–H groups in total. The zero-order valence-electron chi connectivity index (χ0n) is 15.2. The summed E-state index contributed by atoms with van der Waals surface area (Å²) in [5.41, 5.74) is 3.69. The standard InChI is InChI=1S/C20H25ClN2O3/c1-11-3-15-16(10-26-17(15)4-12(11)2)19(25)23-14-7-20(8-14)5-13(6-20)22-18(24)9-21/h3-4,13-14,16H,5-10H2,1-2H3,(H,22,24)(H,23,25). The van der Waals surface area contributed by atoms with Crippen LogP contribution < -0.4 is 15.4 Å². The van der Waals surface area contributed by atoms with Crippen LogP contribution in [0, 0.1) is 19.3 Å². The maximum Gasteiger partial charge on any atom is 0.235 e. The summed E-state index contributed by atoms with van der Waals surface area (Å²) >= 11 is 5.52. The fourth-order valence-corrected chi connectivity index (χ4v) is 4.84. The Hall–Kier alpha value is -1.75. The summed E-state index contributed by atoms with van der Waals surface area (Å²) in [5, 5.41) is 6.13. The van der Waals surface area contributed by atoms with Gasteiger partial charge in [-0.1, -0.05) is 6.07 Å². The van der Waals surface area contributed by atoms with Crippen LogP contribution in [-0.4, -0.2) is 36.4 Å². The second-order valence-electron chi connectivity index (χ2n) is 8.26. The number of carbonyl (C=O) groups excluding carboxylic acids is 2. The lowest BCUT2D eigenvalue weighted by Crippen LogP contribution is -2.61. The van der Waals surface area contributed by atoms with Crippen LogP contribution in [0.15, 0.2) is 12.1 Å². The molecular formula is C20H25ClN2O3. The van der Waals surface area contributed by atoms with Crippen LogP contribution >= 0.6 is 11.6 Å². The molecule has 0 aromatic heterocycles. The van der Waals surface area contributed by atoms with Crippen molar-refractivity contribution < 1.29 is 14.3 Å². The minimum absolute atomic E-state index is 0.0200. The first kappa shape index (κ1) is 17.7. The van der Waals surface area contributed by atoms with Gasteiger partial charge in [-0.25, -0.2) is 0 Å². The van der Waals surface area contributed by atoms with Gasteiger partial charge in [-0.3, -0.25) is 9.59 Å². The Balaban J connectivity index is 1.28. The molecule has 0 radical (unpaired) electrons. The Bertz CT molecular complexity index is 750. The highest BCUT2D eigenvalue weighted by atomic mass is 35.5. The third-order valence-corrected chi connectivity index (χ3v) is 6.52. The topological polar surface area (TPSA) is 67.4 Å². The maximum atomic E-state index is 12.7. The Morgan fingerprint density at radius 1 is 1.12 bits per heavy atom. The van der Waals surface area contributed by atoms with E-state index in [1.807, 2.05) is 6.07 Å². The number of rotatable bonds is 4. The zero-order valence-corrected chi connectivity index (χ0v) is 16.0. The normalized spacial score (nSPS) is 31.4. The average Bonchev–Trinajstić information content (AvgIpc) is 2.93. The van der Waals surface area contributed by atoms with Crippen LogP contribution in [0.2, 0.25) is 0 Å². The van der Waals surface area contributed by atoms with E-state index in [0.717, 1.165) is 37.0 Å². The van der Waals surface area contributed by atoms with Crippen LogP contribution in [0.3, 0.4) is 0 Å². The van der Waals surface area contributed by atoms with Crippen molar-refractivity contribution in [2.45, 2.75) is 57.5 Å². The molecular weight excluding hydrogens is 352 g/mol. The summed E-state index contributed by atoms with van der Waals surface area (Å²) in [4.78, 5) is 24.0. The summed E-state index contributed by atoms with van der Waals surface area (Å²) in [6, 6.07) is 4.60. The molecule has 1 atom stereocenters. The largest absolute Gasteiger partial charge is 0.492 e. The van der Waals surface area contributed by atoms with E-state index in [2.05, 4.69) is 30.5 Å². The summed E-state index contributed by atoms with van der Waals surface area (Å²) in [7, 11) is 0. The van der Waals surface area contributed by atoms with Crippen LogP contribution in [0.25, 0.3) is 0 Å². The van der Waals surface area contributed by atoms with Gasteiger partial charge >= 0.3 is 0 Å². The number of hydrogen-bond acceptors (Lipinski definition) is 3. The summed E-state index contributed by atoms with van der Waals surface area (Å²) in [6.45, 7) is 4.55. The van der Waals surface area contributed by atoms with Gasteiger partial charge in [0, 0.05) is 17.6 Å². The van der Waals surface area contributed by atoms with E-state index in [1.54, 1.807) is 0 Å². The van der Waals surface area contributed by atoms with Crippen molar-refractivity contribution in [3.8, 4) is 5.75 Å². The third-order valence-electron chi connectivity index (χ3n) is 6.27. The number of fused-ring (bicyclic) bond motifs is 1. The maximum absolute atomic E-state index is 12.7. The molecule has 2 saturated carbocycles. The minimum atomic E-state index is -0.210. The smallest absolute Gasteiger partial charge is 0.235 e. The van der Waals surface area contributed by atoms with E-state index in [9.17, 15) is 9.59 Å². The van der Waals surface area contributed by atoms with Crippen LogP contribution in [-0.2, 0) is 9.59 Å². The highest BCUT2D eigenvalue weighted by Gasteiger charge is 2.53. The first-order valence-electron chi connectivity index (χ1n) is 9.29. The molecule has 3 aliphatic rings. The number of ether oxygens (including phenoxy) is 1. The number of nitrogens with one attached hydrogen (secondary N) is 2. The molecule has 1 aromatic rings. The summed E-state index contributed by atoms with van der Waals surface area (Å²) in [5.74, 6) is 0.624. The van der Waals surface area contributed by atoms with Crippen molar-refractivity contribution in [2.24, 2.45) is 5.41 Å².